The summed E-state index contributed by atoms with van der Waals surface area (Å²) in [7, 11) is 1.28. The van der Waals surface area contributed by atoms with Gasteiger partial charge in [0.15, 0.2) is 6.61 Å². The molecule has 21 heavy (non-hydrogen) atoms. The molecular weight excluding hydrogens is 291 g/mol. The van der Waals surface area contributed by atoms with Crippen LogP contribution in [-0.2, 0) is 11.2 Å². The average molecular weight is 305 g/mol. The minimum absolute atomic E-state index is 0.0426. The second-order valence-electron chi connectivity index (χ2n) is 4.30. The van der Waals surface area contributed by atoms with E-state index in [0.29, 0.717) is 5.56 Å². The van der Waals surface area contributed by atoms with Crippen LogP contribution in [0.3, 0.4) is 0 Å². The first-order chi connectivity index (χ1) is 9.70. The van der Waals surface area contributed by atoms with Crippen molar-refractivity contribution in [2.45, 2.75) is 12.6 Å². The van der Waals surface area contributed by atoms with Crippen molar-refractivity contribution in [3.63, 3.8) is 0 Å². The first-order valence-corrected chi connectivity index (χ1v) is 5.96. The quantitative estimate of drug-likeness (QED) is 0.908. The number of nitrogens with zero attached hydrogens (tertiary/aromatic N) is 1. The number of carbonyl (C=O) groups is 2. The molecule has 1 aromatic rings. The van der Waals surface area contributed by atoms with E-state index in [1.54, 1.807) is 18.2 Å². The molecule has 0 fully saturated rings. The van der Waals surface area contributed by atoms with Crippen molar-refractivity contribution in [2.24, 2.45) is 0 Å². The van der Waals surface area contributed by atoms with E-state index < -0.39 is 24.8 Å². The largest absolute Gasteiger partial charge is 0.478 e. The van der Waals surface area contributed by atoms with Crippen molar-refractivity contribution in [1.29, 1.82) is 0 Å². The van der Waals surface area contributed by atoms with Gasteiger partial charge in [0.2, 0.25) is 0 Å². The summed E-state index contributed by atoms with van der Waals surface area (Å²) >= 11 is 0. The Balaban J connectivity index is 2.55. The zero-order valence-corrected chi connectivity index (χ0v) is 11.2. The Labute approximate surface area is 118 Å². The van der Waals surface area contributed by atoms with Crippen molar-refractivity contribution in [3.05, 3.63) is 35.4 Å². The third-order valence-electron chi connectivity index (χ3n) is 2.64. The van der Waals surface area contributed by atoms with Crippen molar-refractivity contribution in [3.8, 4) is 0 Å². The number of carboxylic acid groups (broad SMARTS) is 1. The lowest BCUT2D eigenvalue weighted by Crippen LogP contribution is -2.32. The Morgan fingerprint density at radius 1 is 1.29 bits per heavy atom. The van der Waals surface area contributed by atoms with Gasteiger partial charge in [-0.1, -0.05) is 18.2 Å². The van der Waals surface area contributed by atoms with Gasteiger partial charge in [0.25, 0.3) is 0 Å². The van der Waals surface area contributed by atoms with Gasteiger partial charge in [0.05, 0.1) is 5.56 Å². The summed E-state index contributed by atoms with van der Waals surface area (Å²) < 4.78 is 39.8. The maximum atomic E-state index is 11.9. The van der Waals surface area contributed by atoms with Crippen LogP contribution in [0.1, 0.15) is 15.9 Å². The smallest absolute Gasteiger partial charge is 0.422 e. The van der Waals surface area contributed by atoms with E-state index >= 15 is 0 Å². The van der Waals surface area contributed by atoms with Gasteiger partial charge in [-0.25, -0.2) is 9.59 Å². The molecule has 1 N–H and O–H groups in total. The lowest BCUT2D eigenvalue weighted by Gasteiger charge is -2.18. The lowest BCUT2D eigenvalue weighted by molar-refractivity contribution is -0.162. The van der Waals surface area contributed by atoms with Gasteiger partial charge in [-0.3, -0.25) is 0 Å². The van der Waals surface area contributed by atoms with Crippen LogP contribution in [0.5, 0.6) is 0 Å². The minimum Gasteiger partial charge on any atom is -0.478 e. The zero-order chi connectivity index (χ0) is 16.0. The number of aromatic carboxylic acids is 1. The number of alkyl halides is 3. The number of benzene rings is 1. The number of likely N-dealkylation sites (N-methyl/N-ethyl adjacent to an activating group) is 1. The molecule has 1 rings (SSSR count). The van der Waals surface area contributed by atoms with Crippen LogP contribution in [0.25, 0.3) is 0 Å². The van der Waals surface area contributed by atoms with Gasteiger partial charge in [-0.05, 0) is 18.1 Å². The van der Waals surface area contributed by atoms with Crippen LogP contribution in [-0.4, -0.2) is 48.4 Å². The SMILES string of the molecule is CN(CCc1ccccc1C(=O)O)C(=O)OCC(F)(F)F. The molecule has 1 aromatic carbocycles. The van der Waals surface area contributed by atoms with E-state index in [2.05, 4.69) is 4.74 Å². The first-order valence-electron chi connectivity index (χ1n) is 5.96. The number of amides is 1. The summed E-state index contributed by atoms with van der Waals surface area (Å²) in [4.78, 5) is 23.3. The normalized spacial score (nSPS) is 11.0. The topological polar surface area (TPSA) is 66.8 Å². The number of halogens is 3. The second kappa shape index (κ2) is 6.96. The maximum absolute atomic E-state index is 11.9. The van der Waals surface area contributed by atoms with Gasteiger partial charge in [-0.2, -0.15) is 13.2 Å². The molecule has 0 saturated heterocycles. The molecule has 0 aliphatic rings. The van der Waals surface area contributed by atoms with Crippen molar-refractivity contribution < 1.29 is 32.6 Å². The van der Waals surface area contributed by atoms with Crippen LogP contribution < -0.4 is 0 Å². The minimum atomic E-state index is -4.58. The van der Waals surface area contributed by atoms with E-state index in [-0.39, 0.29) is 18.5 Å². The fourth-order valence-corrected chi connectivity index (χ4v) is 1.58. The Morgan fingerprint density at radius 2 is 1.90 bits per heavy atom. The molecular formula is C13H14F3NO4. The van der Waals surface area contributed by atoms with E-state index in [1.807, 2.05) is 0 Å². The lowest BCUT2D eigenvalue weighted by atomic mass is 10.0. The van der Waals surface area contributed by atoms with Crippen LogP contribution in [0, 0.1) is 0 Å². The van der Waals surface area contributed by atoms with Crippen molar-refractivity contribution in [1.82, 2.24) is 4.90 Å². The first kappa shape index (κ1) is 16.8. The standard InChI is InChI=1S/C13H14F3NO4/c1-17(12(20)21-8-13(14,15)16)7-6-9-4-2-3-5-10(9)11(18)19/h2-5H,6-8H2,1H3,(H,18,19). The number of hydrogen-bond acceptors (Lipinski definition) is 3. The molecule has 116 valence electrons. The van der Waals surface area contributed by atoms with Crippen LogP contribution in [0.4, 0.5) is 18.0 Å². The summed E-state index contributed by atoms with van der Waals surface area (Å²) in [5.41, 5.74) is 0.579. The molecule has 0 bridgehead atoms. The maximum Gasteiger partial charge on any atom is 0.422 e. The third-order valence-corrected chi connectivity index (χ3v) is 2.64. The number of ether oxygens (including phenoxy) is 1. The van der Waals surface area contributed by atoms with E-state index in [1.165, 1.54) is 13.1 Å². The molecule has 0 aromatic heterocycles. The van der Waals surface area contributed by atoms with E-state index in [0.717, 1.165) is 4.90 Å². The molecule has 0 atom stereocenters. The fraction of sp³-hybridized carbons (Fsp3) is 0.385. The summed E-state index contributed by atoms with van der Waals surface area (Å²) in [5.74, 6) is -1.10. The van der Waals surface area contributed by atoms with E-state index in [9.17, 15) is 22.8 Å². The molecule has 0 aliphatic heterocycles. The zero-order valence-electron chi connectivity index (χ0n) is 11.2. The highest BCUT2D eigenvalue weighted by Gasteiger charge is 2.30. The Bertz CT molecular complexity index is 516. The second-order valence-corrected chi connectivity index (χ2v) is 4.30. The monoisotopic (exact) mass is 305 g/mol. The van der Waals surface area contributed by atoms with Gasteiger partial charge >= 0.3 is 18.2 Å². The molecule has 0 spiro atoms. The highest BCUT2D eigenvalue weighted by Crippen LogP contribution is 2.15. The number of hydrogen-bond donors (Lipinski definition) is 1. The third kappa shape index (κ3) is 5.72. The molecule has 0 aliphatic carbocycles. The highest BCUT2D eigenvalue weighted by molar-refractivity contribution is 5.89. The number of carbonyl (C=O) groups excluding carboxylic acids is 1. The van der Waals surface area contributed by atoms with Crippen molar-refractivity contribution >= 4 is 12.1 Å². The molecule has 0 saturated carbocycles. The molecule has 0 unspecified atom stereocenters. The molecule has 8 heteroatoms. The predicted molar refractivity (Wildman–Crippen MR) is 67.1 cm³/mol. The van der Waals surface area contributed by atoms with E-state index in [4.69, 9.17) is 5.11 Å². The van der Waals surface area contributed by atoms with Crippen molar-refractivity contribution in [2.75, 3.05) is 20.2 Å². The number of rotatable bonds is 5. The average Bonchev–Trinajstić information content (AvgIpc) is 2.41. The predicted octanol–water partition coefficient (Wildman–Crippen LogP) is 2.56. The molecule has 0 radical (unpaired) electrons. The molecule has 0 heterocycles. The summed E-state index contributed by atoms with van der Waals surface area (Å²) in [6.07, 6.45) is -5.49. The Hall–Kier alpha value is -2.25. The molecule has 5 nitrogen and oxygen atoms in total. The van der Waals surface area contributed by atoms with Gasteiger partial charge in [0.1, 0.15) is 0 Å². The van der Waals surface area contributed by atoms with Gasteiger partial charge < -0.3 is 14.7 Å². The van der Waals surface area contributed by atoms with Crippen LogP contribution in [0.15, 0.2) is 24.3 Å². The van der Waals surface area contributed by atoms with Gasteiger partial charge in [-0.15, -0.1) is 0 Å². The van der Waals surface area contributed by atoms with Crippen LogP contribution in [0.2, 0.25) is 0 Å². The Kier molecular flexibility index (Phi) is 5.57. The fourth-order valence-electron chi connectivity index (χ4n) is 1.58. The Morgan fingerprint density at radius 3 is 2.48 bits per heavy atom. The highest BCUT2D eigenvalue weighted by atomic mass is 19.4. The van der Waals surface area contributed by atoms with Crippen LogP contribution >= 0.6 is 0 Å². The molecule has 1 amide bonds. The number of carboxylic acids is 1. The summed E-state index contributed by atoms with van der Waals surface area (Å²) in [5, 5.41) is 8.98. The summed E-state index contributed by atoms with van der Waals surface area (Å²) in [6, 6.07) is 6.20. The van der Waals surface area contributed by atoms with Gasteiger partial charge in [0, 0.05) is 13.6 Å². The summed E-state index contributed by atoms with van der Waals surface area (Å²) in [6.45, 7) is -1.61.